The highest BCUT2D eigenvalue weighted by Crippen LogP contribution is 2.31. The van der Waals surface area contributed by atoms with E-state index in [1.165, 1.54) is 0 Å². The number of hydrogen-bond acceptors (Lipinski definition) is 1. The van der Waals surface area contributed by atoms with Crippen molar-refractivity contribution in [2.75, 3.05) is 6.54 Å². The molecule has 0 fully saturated rings. The van der Waals surface area contributed by atoms with Crippen LogP contribution in [0.5, 0.6) is 0 Å². The molecule has 2 rings (SSSR count). The normalized spacial score (nSPS) is 12.4. The summed E-state index contributed by atoms with van der Waals surface area (Å²) in [6.07, 6.45) is 0. The standard InChI is InChI=1S/C17H19ClFN/c1-4-20-17(13-9-8-11(2)15(19)10-13)14-7-5-6-12(3)16(14)18/h5-10,17,20H,4H2,1-3H3. The molecular formula is C17H19ClFN. The van der Waals surface area contributed by atoms with Crippen molar-refractivity contribution in [3.05, 3.63) is 69.5 Å². The van der Waals surface area contributed by atoms with Gasteiger partial charge in [-0.15, -0.1) is 0 Å². The quantitative estimate of drug-likeness (QED) is 0.853. The molecule has 1 nitrogen and oxygen atoms in total. The Labute approximate surface area is 124 Å². The van der Waals surface area contributed by atoms with Crippen molar-refractivity contribution in [2.24, 2.45) is 0 Å². The van der Waals surface area contributed by atoms with Gasteiger partial charge in [0.1, 0.15) is 5.82 Å². The van der Waals surface area contributed by atoms with Crippen LogP contribution in [-0.2, 0) is 0 Å². The van der Waals surface area contributed by atoms with Gasteiger partial charge in [0.15, 0.2) is 0 Å². The second-order valence-electron chi connectivity index (χ2n) is 4.98. The smallest absolute Gasteiger partial charge is 0.126 e. The van der Waals surface area contributed by atoms with Gasteiger partial charge >= 0.3 is 0 Å². The summed E-state index contributed by atoms with van der Waals surface area (Å²) in [7, 11) is 0. The summed E-state index contributed by atoms with van der Waals surface area (Å²) >= 11 is 6.41. The maximum Gasteiger partial charge on any atom is 0.126 e. The van der Waals surface area contributed by atoms with E-state index >= 15 is 0 Å². The number of benzene rings is 2. The van der Waals surface area contributed by atoms with Crippen LogP contribution >= 0.6 is 11.6 Å². The first-order chi connectivity index (χ1) is 9.54. The molecule has 0 spiro atoms. The zero-order valence-electron chi connectivity index (χ0n) is 12.0. The molecule has 20 heavy (non-hydrogen) atoms. The molecule has 0 saturated heterocycles. The minimum atomic E-state index is -0.186. The molecule has 0 bridgehead atoms. The van der Waals surface area contributed by atoms with Gasteiger partial charge in [0.25, 0.3) is 0 Å². The minimum Gasteiger partial charge on any atom is -0.306 e. The zero-order chi connectivity index (χ0) is 14.7. The molecule has 106 valence electrons. The fourth-order valence-corrected chi connectivity index (χ4v) is 2.53. The molecular weight excluding hydrogens is 273 g/mol. The van der Waals surface area contributed by atoms with E-state index in [9.17, 15) is 4.39 Å². The summed E-state index contributed by atoms with van der Waals surface area (Å²) < 4.78 is 13.8. The van der Waals surface area contributed by atoms with Crippen LogP contribution < -0.4 is 5.32 Å². The lowest BCUT2D eigenvalue weighted by Crippen LogP contribution is -2.22. The Kier molecular flexibility index (Phi) is 4.79. The van der Waals surface area contributed by atoms with Crippen LogP contribution in [0, 0.1) is 19.7 Å². The maximum absolute atomic E-state index is 13.8. The third kappa shape index (κ3) is 3.02. The summed E-state index contributed by atoms with van der Waals surface area (Å²) in [5.41, 5.74) is 3.55. The molecule has 2 aromatic rings. The van der Waals surface area contributed by atoms with E-state index < -0.39 is 0 Å². The molecule has 1 unspecified atom stereocenters. The summed E-state index contributed by atoms with van der Waals surface area (Å²) in [5.74, 6) is -0.186. The second-order valence-corrected chi connectivity index (χ2v) is 5.36. The number of nitrogens with one attached hydrogen (secondary N) is 1. The maximum atomic E-state index is 13.8. The average Bonchev–Trinajstić information content (AvgIpc) is 2.43. The van der Waals surface area contributed by atoms with Gasteiger partial charge in [-0.3, -0.25) is 0 Å². The third-order valence-electron chi connectivity index (χ3n) is 3.47. The van der Waals surface area contributed by atoms with E-state index in [1.54, 1.807) is 19.1 Å². The number of rotatable bonds is 4. The van der Waals surface area contributed by atoms with E-state index in [2.05, 4.69) is 5.32 Å². The SMILES string of the molecule is CCNC(c1ccc(C)c(F)c1)c1cccc(C)c1Cl. The molecule has 0 radical (unpaired) electrons. The van der Waals surface area contributed by atoms with Gasteiger partial charge < -0.3 is 5.32 Å². The van der Waals surface area contributed by atoms with Crippen LogP contribution in [0.3, 0.4) is 0 Å². The third-order valence-corrected chi connectivity index (χ3v) is 3.99. The highest BCUT2D eigenvalue weighted by Gasteiger charge is 2.17. The predicted octanol–water partition coefficient (Wildman–Crippen LogP) is 4.79. The van der Waals surface area contributed by atoms with Gasteiger partial charge in [-0.05, 0) is 48.7 Å². The van der Waals surface area contributed by atoms with Gasteiger partial charge in [-0.2, -0.15) is 0 Å². The molecule has 0 aliphatic heterocycles. The van der Waals surface area contributed by atoms with Crippen molar-refractivity contribution in [3.8, 4) is 0 Å². The summed E-state index contributed by atoms with van der Waals surface area (Å²) in [5, 5.41) is 4.11. The van der Waals surface area contributed by atoms with E-state index in [4.69, 9.17) is 11.6 Å². The zero-order valence-corrected chi connectivity index (χ0v) is 12.8. The lowest BCUT2D eigenvalue weighted by atomic mass is 9.96. The Morgan fingerprint density at radius 3 is 2.55 bits per heavy atom. The fraction of sp³-hybridized carbons (Fsp3) is 0.294. The topological polar surface area (TPSA) is 12.0 Å². The van der Waals surface area contributed by atoms with Crippen LogP contribution in [0.2, 0.25) is 5.02 Å². The first kappa shape index (κ1) is 15.0. The number of halogens is 2. The Morgan fingerprint density at radius 1 is 1.15 bits per heavy atom. The highest BCUT2D eigenvalue weighted by atomic mass is 35.5. The molecule has 3 heteroatoms. The number of aryl methyl sites for hydroxylation is 2. The monoisotopic (exact) mass is 291 g/mol. The van der Waals surface area contributed by atoms with Crippen LogP contribution in [0.15, 0.2) is 36.4 Å². The van der Waals surface area contributed by atoms with E-state index in [1.807, 2.05) is 38.1 Å². The van der Waals surface area contributed by atoms with E-state index in [0.717, 1.165) is 28.3 Å². The first-order valence-electron chi connectivity index (χ1n) is 6.79. The van der Waals surface area contributed by atoms with Crippen LogP contribution in [0.1, 0.15) is 35.2 Å². The molecule has 1 N–H and O–H groups in total. The lowest BCUT2D eigenvalue weighted by molar-refractivity contribution is 0.597. The van der Waals surface area contributed by atoms with Crippen LogP contribution in [0.4, 0.5) is 4.39 Å². The van der Waals surface area contributed by atoms with Gasteiger partial charge in [0, 0.05) is 5.02 Å². The minimum absolute atomic E-state index is 0.0949. The molecule has 2 aromatic carbocycles. The molecule has 0 saturated carbocycles. The Balaban J connectivity index is 2.50. The molecule has 1 atom stereocenters. The fourth-order valence-electron chi connectivity index (χ4n) is 2.29. The molecule has 0 amide bonds. The molecule has 0 aliphatic carbocycles. The second kappa shape index (κ2) is 6.38. The largest absolute Gasteiger partial charge is 0.306 e. The summed E-state index contributed by atoms with van der Waals surface area (Å²) in [6.45, 7) is 6.55. The van der Waals surface area contributed by atoms with E-state index in [-0.39, 0.29) is 11.9 Å². The molecule has 0 heterocycles. The van der Waals surface area contributed by atoms with Gasteiger partial charge in [0.05, 0.1) is 6.04 Å². The first-order valence-corrected chi connectivity index (χ1v) is 7.16. The van der Waals surface area contributed by atoms with Crippen LogP contribution in [-0.4, -0.2) is 6.54 Å². The van der Waals surface area contributed by atoms with Crippen molar-refractivity contribution < 1.29 is 4.39 Å². The van der Waals surface area contributed by atoms with Gasteiger partial charge in [0.2, 0.25) is 0 Å². The van der Waals surface area contributed by atoms with Crippen LogP contribution in [0.25, 0.3) is 0 Å². The van der Waals surface area contributed by atoms with Crippen molar-refractivity contribution in [2.45, 2.75) is 26.8 Å². The van der Waals surface area contributed by atoms with Crippen molar-refractivity contribution in [1.29, 1.82) is 0 Å². The molecule has 0 aliphatic rings. The Hall–Kier alpha value is -1.38. The lowest BCUT2D eigenvalue weighted by Gasteiger charge is -2.21. The van der Waals surface area contributed by atoms with Crippen molar-refractivity contribution in [1.82, 2.24) is 5.32 Å². The average molecular weight is 292 g/mol. The Morgan fingerprint density at radius 2 is 1.90 bits per heavy atom. The predicted molar refractivity (Wildman–Crippen MR) is 82.8 cm³/mol. The van der Waals surface area contributed by atoms with Gasteiger partial charge in [-0.25, -0.2) is 4.39 Å². The van der Waals surface area contributed by atoms with Crippen molar-refractivity contribution >= 4 is 11.6 Å². The van der Waals surface area contributed by atoms with E-state index in [0.29, 0.717) is 5.56 Å². The Bertz CT molecular complexity index is 610. The molecule has 0 aromatic heterocycles. The summed E-state index contributed by atoms with van der Waals surface area (Å²) in [6, 6.07) is 11.2. The van der Waals surface area contributed by atoms with Crippen molar-refractivity contribution in [3.63, 3.8) is 0 Å². The number of hydrogen-bond donors (Lipinski definition) is 1. The highest BCUT2D eigenvalue weighted by molar-refractivity contribution is 6.32. The summed E-state index contributed by atoms with van der Waals surface area (Å²) in [4.78, 5) is 0. The van der Waals surface area contributed by atoms with Gasteiger partial charge in [-0.1, -0.05) is 48.9 Å².